The van der Waals surface area contributed by atoms with Gasteiger partial charge < -0.3 is 14.7 Å². The lowest BCUT2D eigenvalue weighted by molar-refractivity contribution is -0.182. The number of rotatable bonds is 9. The molecule has 196 valence electrons. The van der Waals surface area contributed by atoms with Crippen LogP contribution in [0.2, 0.25) is 15.1 Å². The number of aliphatic carboxylic acids is 1. The first-order chi connectivity index (χ1) is 16.8. The van der Waals surface area contributed by atoms with E-state index in [4.69, 9.17) is 39.5 Å². The van der Waals surface area contributed by atoms with Crippen LogP contribution < -0.4 is 0 Å². The fraction of sp³-hybridized carbons (Fsp3) is 0.440. The summed E-state index contributed by atoms with van der Waals surface area (Å²) in [6, 6.07) is 10.1. The van der Waals surface area contributed by atoms with Crippen molar-refractivity contribution in [3.05, 3.63) is 68.7 Å². The van der Waals surface area contributed by atoms with E-state index in [-0.39, 0.29) is 5.75 Å². The van der Waals surface area contributed by atoms with Crippen molar-refractivity contribution in [2.45, 2.75) is 63.2 Å². The van der Waals surface area contributed by atoms with Gasteiger partial charge in [0, 0.05) is 21.1 Å². The lowest BCUT2D eigenvalue weighted by atomic mass is 9.89. The van der Waals surface area contributed by atoms with Crippen molar-refractivity contribution in [1.82, 2.24) is 4.90 Å². The van der Waals surface area contributed by atoms with Crippen LogP contribution in [0.1, 0.15) is 56.9 Å². The van der Waals surface area contributed by atoms with Crippen LogP contribution in [-0.4, -0.2) is 53.4 Å². The van der Waals surface area contributed by atoms with E-state index in [1.54, 1.807) is 63.2 Å². The van der Waals surface area contributed by atoms with E-state index < -0.39 is 57.7 Å². The smallest absolute Gasteiger partial charge is 0.306 e. The molecule has 36 heavy (non-hydrogen) atoms. The van der Waals surface area contributed by atoms with Gasteiger partial charge in [-0.05, 0) is 61.7 Å². The monoisotopic (exact) mass is 575 g/mol. The number of halogens is 3. The van der Waals surface area contributed by atoms with Crippen LogP contribution in [0.25, 0.3) is 0 Å². The molecule has 4 atom stereocenters. The van der Waals surface area contributed by atoms with Crippen molar-refractivity contribution in [3.8, 4) is 0 Å². The predicted molar refractivity (Wildman–Crippen MR) is 140 cm³/mol. The Balaban J connectivity index is 2.23. The Morgan fingerprint density at radius 3 is 2.11 bits per heavy atom. The molecule has 1 aliphatic heterocycles. The molecule has 1 fully saturated rings. The van der Waals surface area contributed by atoms with Gasteiger partial charge >= 0.3 is 5.97 Å². The Hall–Kier alpha value is -1.84. The Kier molecular flexibility index (Phi) is 9.33. The highest BCUT2D eigenvalue weighted by molar-refractivity contribution is 7.92. The number of morpholine rings is 1. The maximum absolute atomic E-state index is 13.7. The number of sulfone groups is 1. The maximum atomic E-state index is 13.7. The molecule has 1 heterocycles. The topological polar surface area (TPSA) is 101 Å². The molecule has 1 aliphatic rings. The highest BCUT2D eigenvalue weighted by Gasteiger charge is 2.48. The van der Waals surface area contributed by atoms with E-state index in [2.05, 4.69) is 0 Å². The maximum Gasteiger partial charge on any atom is 0.306 e. The third kappa shape index (κ3) is 6.53. The predicted octanol–water partition coefficient (Wildman–Crippen LogP) is 5.73. The quantitative estimate of drug-likeness (QED) is 0.409. The lowest BCUT2D eigenvalue weighted by Gasteiger charge is -2.48. The summed E-state index contributed by atoms with van der Waals surface area (Å²) in [4.78, 5) is 26.8. The summed E-state index contributed by atoms with van der Waals surface area (Å²) < 4.78 is 32.0. The average molecular weight is 577 g/mol. The van der Waals surface area contributed by atoms with Crippen LogP contribution in [0.4, 0.5) is 0 Å². The summed E-state index contributed by atoms with van der Waals surface area (Å²) in [7, 11) is -3.55. The molecule has 0 bridgehead atoms. The molecule has 0 aliphatic carbocycles. The Morgan fingerprint density at radius 2 is 1.61 bits per heavy atom. The zero-order valence-electron chi connectivity index (χ0n) is 20.0. The zero-order chi connectivity index (χ0) is 26.8. The van der Waals surface area contributed by atoms with Crippen LogP contribution in [0.15, 0.2) is 42.5 Å². The second-order valence-corrected chi connectivity index (χ2v) is 12.9. The van der Waals surface area contributed by atoms with E-state index >= 15 is 0 Å². The van der Waals surface area contributed by atoms with Gasteiger partial charge in [0.25, 0.3) is 5.91 Å². The van der Waals surface area contributed by atoms with Crippen LogP contribution in [0.5, 0.6) is 0 Å². The SMILES string of the molecule is CC[C@@H](CS(=O)(=O)C(C)C)N1C(=O)[C@H](CC(=O)O)O[C@H](c2cc(Cl)cc(Cl)c2)[C@H]1c1ccc(Cl)cc1. The molecule has 1 amide bonds. The first-order valence-corrected chi connectivity index (χ1v) is 14.3. The van der Waals surface area contributed by atoms with Crippen molar-refractivity contribution >= 4 is 56.5 Å². The van der Waals surface area contributed by atoms with E-state index in [1.807, 2.05) is 0 Å². The van der Waals surface area contributed by atoms with E-state index in [9.17, 15) is 23.1 Å². The van der Waals surface area contributed by atoms with Gasteiger partial charge in [-0.2, -0.15) is 0 Å². The molecule has 0 aromatic heterocycles. The summed E-state index contributed by atoms with van der Waals surface area (Å²) in [5.41, 5.74) is 1.17. The van der Waals surface area contributed by atoms with Crippen LogP contribution in [0, 0.1) is 0 Å². The fourth-order valence-electron chi connectivity index (χ4n) is 4.31. The van der Waals surface area contributed by atoms with E-state index in [1.165, 1.54) is 4.90 Å². The lowest BCUT2D eigenvalue weighted by Crippen LogP contribution is -2.56. The number of hydrogen-bond acceptors (Lipinski definition) is 5. The molecule has 1 N–H and O–H groups in total. The van der Waals surface area contributed by atoms with Crippen molar-refractivity contribution in [2.24, 2.45) is 0 Å². The van der Waals surface area contributed by atoms with Gasteiger partial charge in [-0.25, -0.2) is 8.42 Å². The van der Waals surface area contributed by atoms with Crippen molar-refractivity contribution < 1.29 is 27.9 Å². The van der Waals surface area contributed by atoms with Crippen LogP contribution in [0.3, 0.4) is 0 Å². The van der Waals surface area contributed by atoms with Crippen molar-refractivity contribution in [3.63, 3.8) is 0 Å². The van der Waals surface area contributed by atoms with E-state index in [0.717, 1.165) is 0 Å². The molecule has 0 spiro atoms. The number of carbonyl (C=O) groups excluding carboxylic acids is 1. The Bertz CT molecular complexity index is 1200. The minimum atomic E-state index is -3.55. The van der Waals surface area contributed by atoms with Gasteiger partial charge in [-0.15, -0.1) is 0 Å². The minimum Gasteiger partial charge on any atom is -0.481 e. The molecule has 0 saturated carbocycles. The number of benzene rings is 2. The zero-order valence-corrected chi connectivity index (χ0v) is 23.1. The molecule has 7 nitrogen and oxygen atoms in total. The first kappa shape index (κ1) is 28.7. The number of nitrogens with zero attached hydrogens (tertiary/aromatic N) is 1. The van der Waals surface area contributed by atoms with Gasteiger partial charge in [-0.1, -0.05) is 53.9 Å². The highest BCUT2D eigenvalue weighted by Crippen LogP contribution is 2.45. The fourth-order valence-corrected chi connectivity index (χ4v) is 6.30. The van der Waals surface area contributed by atoms with Gasteiger partial charge in [0.2, 0.25) is 0 Å². The van der Waals surface area contributed by atoms with Crippen molar-refractivity contribution in [1.29, 1.82) is 0 Å². The number of amides is 1. The molecule has 2 aromatic rings. The number of carboxylic acids is 1. The third-order valence-corrected chi connectivity index (χ3v) is 9.19. The highest BCUT2D eigenvalue weighted by atomic mass is 35.5. The third-order valence-electron chi connectivity index (χ3n) is 6.22. The minimum absolute atomic E-state index is 0.278. The molecular weight excluding hydrogens is 549 g/mol. The van der Waals surface area contributed by atoms with E-state index in [0.29, 0.717) is 32.6 Å². The molecule has 1 saturated heterocycles. The molecule has 3 rings (SSSR count). The van der Waals surface area contributed by atoms with Gasteiger partial charge in [-0.3, -0.25) is 9.59 Å². The first-order valence-electron chi connectivity index (χ1n) is 11.5. The summed E-state index contributed by atoms with van der Waals surface area (Å²) >= 11 is 18.7. The normalized spacial score (nSPS) is 21.6. The summed E-state index contributed by atoms with van der Waals surface area (Å²) in [5.74, 6) is -2.09. The molecule has 11 heteroatoms. The summed E-state index contributed by atoms with van der Waals surface area (Å²) in [6.07, 6.45) is -2.46. The van der Waals surface area contributed by atoms with Gasteiger partial charge in [0.1, 0.15) is 12.2 Å². The second kappa shape index (κ2) is 11.7. The molecule has 0 unspecified atom stereocenters. The standard InChI is InChI=1S/C25H28Cl3NO6S/c1-4-20(13-36(33,34)14(2)3)29-23(15-5-7-17(26)8-6-15)24(16-9-18(27)11-19(28)10-16)35-21(25(29)32)12-22(30)31/h5-11,14,20-21,23-24H,4,12-13H2,1-3H3,(H,30,31)/t20-,21-,23+,24+/m0/s1. The molecule has 0 radical (unpaired) electrons. The summed E-state index contributed by atoms with van der Waals surface area (Å²) in [6.45, 7) is 4.97. The largest absolute Gasteiger partial charge is 0.481 e. The number of carboxylic acid groups (broad SMARTS) is 1. The molecular formula is C25H28Cl3NO6S. The number of hydrogen-bond donors (Lipinski definition) is 1. The Morgan fingerprint density at radius 1 is 1.03 bits per heavy atom. The summed E-state index contributed by atoms with van der Waals surface area (Å²) in [5, 5.41) is 9.99. The van der Waals surface area contributed by atoms with Crippen LogP contribution in [-0.2, 0) is 24.2 Å². The van der Waals surface area contributed by atoms with Crippen molar-refractivity contribution in [2.75, 3.05) is 5.75 Å². The van der Waals surface area contributed by atoms with Gasteiger partial charge in [0.05, 0.1) is 23.5 Å². The van der Waals surface area contributed by atoms with Crippen LogP contribution >= 0.6 is 34.8 Å². The Labute approximate surface area is 226 Å². The molecule has 2 aromatic carbocycles. The number of ether oxygens (including phenoxy) is 1. The van der Waals surface area contributed by atoms with Gasteiger partial charge in [0.15, 0.2) is 9.84 Å². The second-order valence-electron chi connectivity index (χ2n) is 9.03. The average Bonchev–Trinajstić information content (AvgIpc) is 2.78. The number of carbonyl (C=O) groups is 2.